The summed E-state index contributed by atoms with van der Waals surface area (Å²) in [6.07, 6.45) is -1.31. The Hall–Kier alpha value is -1.74. The lowest BCUT2D eigenvalue weighted by molar-refractivity contribution is 0.169. The molecular formula is C18H14Br2Cl2N2O4. The van der Waals surface area contributed by atoms with Gasteiger partial charge in [-0.25, -0.2) is 9.59 Å². The van der Waals surface area contributed by atoms with Crippen LogP contribution in [0.2, 0.25) is 10.0 Å². The van der Waals surface area contributed by atoms with Gasteiger partial charge in [0.15, 0.2) is 0 Å². The van der Waals surface area contributed by atoms with Crippen LogP contribution >= 0.6 is 55.1 Å². The van der Waals surface area contributed by atoms with Crippen LogP contribution in [0.1, 0.15) is 0 Å². The van der Waals surface area contributed by atoms with Gasteiger partial charge in [-0.1, -0.05) is 67.2 Å². The van der Waals surface area contributed by atoms with Gasteiger partial charge in [-0.15, -0.1) is 0 Å². The van der Waals surface area contributed by atoms with Gasteiger partial charge in [-0.3, -0.25) is 10.6 Å². The molecule has 2 aromatic rings. The van der Waals surface area contributed by atoms with E-state index in [-0.39, 0.29) is 13.2 Å². The van der Waals surface area contributed by atoms with Crippen molar-refractivity contribution in [3.63, 3.8) is 0 Å². The van der Waals surface area contributed by atoms with Crippen LogP contribution in [-0.4, -0.2) is 25.4 Å². The summed E-state index contributed by atoms with van der Waals surface area (Å²) in [7, 11) is 0. The average Bonchev–Trinajstić information content (AvgIpc) is 2.64. The summed E-state index contributed by atoms with van der Waals surface area (Å²) in [5.74, 6) is 0. The maximum Gasteiger partial charge on any atom is 0.411 e. The third-order valence-electron chi connectivity index (χ3n) is 3.10. The second-order valence-electron chi connectivity index (χ2n) is 5.23. The summed E-state index contributed by atoms with van der Waals surface area (Å²) in [4.78, 5) is 23.6. The van der Waals surface area contributed by atoms with Crippen molar-refractivity contribution in [1.29, 1.82) is 0 Å². The molecule has 0 aliphatic rings. The zero-order valence-electron chi connectivity index (χ0n) is 14.2. The van der Waals surface area contributed by atoms with E-state index in [0.717, 1.165) is 0 Å². The van der Waals surface area contributed by atoms with E-state index in [4.69, 9.17) is 32.7 Å². The van der Waals surface area contributed by atoms with E-state index < -0.39 is 12.2 Å². The van der Waals surface area contributed by atoms with Gasteiger partial charge in [0.05, 0.1) is 0 Å². The van der Waals surface area contributed by atoms with Crippen molar-refractivity contribution >= 4 is 78.6 Å². The predicted octanol–water partition coefficient (Wildman–Crippen LogP) is 6.79. The first-order chi connectivity index (χ1) is 13.3. The molecule has 0 radical (unpaired) electrons. The van der Waals surface area contributed by atoms with Crippen molar-refractivity contribution in [2.24, 2.45) is 0 Å². The number of ether oxygens (including phenoxy) is 2. The number of rotatable bonds is 6. The molecule has 2 aromatic carbocycles. The van der Waals surface area contributed by atoms with Gasteiger partial charge in [-0.05, 0) is 36.4 Å². The zero-order chi connectivity index (χ0) is 20.5. The Labute approximate surface area is 188 Å². The largest absolute Gasteiger partial charge is 0.444 e. The van der Waals surface area contributed by atoms with E-state index in [9.17, 15) is 9.59 Å². The fourth-order valence-corrected chi connectivity index (χ4v) is 2.69. The van der Waals surface area contributed by atoms with E-state index in [0.29, 0.717) is 30.4 Å². The van der Waals surface area contributed by atoms with Gasteiger partial charge in [0.25, 0.3) is 0 Å². The van der Waals surface area contributed by atoms with E-state index in [2.05, 4.69) is 42.5 Å². The Morgan fingerprint density at radius 3 is 1.54 bits per heavy atom. The number of anilines is 2. The van der Waals surface area contributed by atoms with Crippen LogP contribution in [0.3, 0.4) is 0 Å². The molecule has 2 N–H and O–H groups in total. The topological polar surface area (TPSA) is 76.7 Å². The minimum atomic E-state index is -0.654. The quantitative estimate of drug-likeness (QED) is 0.413. The van der Waals surface area contributed by atoms with E-state index in [1.54, 1.807) is 48.5 Å². The molecular weight excluding hydrogens is 539 g/mol. The summed E-state index contributed by atoms with van der Waals surface area (Å²) in [5.41, 5.74) is 1.02. The van der Waals surface area contributed by atoms with Crippen molar-refractivity contribution in [1.82, 2.24) is 0 Å². The molecule has 10 heteroatoms. The molecule has 0 spiro atoms. The van der Waals surface area contributed by atoms with Gasteiger partial charge in [0.2, 0.25) is 0 Å². The van der Waals surface area contributed by atoms with Gasteiger partial charge < -0.3 is 9.47 Å². The molecule has 6 nitrogen and oxygen atoms in total. The highest BCUT2D eigenvalue weighted by atomic mass is 79.9. The third-order valence-corrected chi connectivity index (χ3v) is 5.51. The number of carbonyl (C=O) groups excluding carboxylic acids is 2. The highest BCUT2D eigenvalue weighted by Crippen LogP contribution is 2.20. The molecule has 0 aromatic heterocycles. The highest BCUT2D eigenvalue weighted by Gasteiger charge is 2.10. The van der Waals surface area contributed by atoms with E-state index >= 15 is 0 Å². The van der Waals surface area contributed by atoms with Gasteiger partial charge in [0.1, 0.15) is 13.2 Å². The van der Waals surface area contributed by atoms with Gasteiger partial charge >= 0.3 is 12.2 Å². The number of carbonyl (C=O) groups is 2. The second-order valence-corrected chi connectivity index (χ2v) is 8.02. The fourth-order valence-electron chi connectivity index (χ4n) is 1.85. The molecule has 0 aliphatic heterocycles. The number of hydrogen-bond donors (Lipinski definition) is 2. The third kappa shape index (κ3) is 8.10. The van der Waals surface area contributed by atoms with Crippen LogP contribution in [0, 0.1) is 0 Å². The van der Waals surface area contributed by atoms with Crippen molar-refractivity contribution in [2.45, 2.75) is 0 Å². The number of amides is 2. The predicted molar refractivity (Wildman–Crippen MR) is 118 cm³/mol. The maximum atomic E-state index is 11.8. The van der Waals surface area contributed by atoms with Crippen molar-refractivity contribution in [2.75, 3.05) is 23.8 Å². The molecule has 0 fully saturated rings. The molecule has 0 bridgehead atoms. The lowest BCUT2D eigenvalue weighted by atomic mass is 10.3. The zero-order valence-corrected chi connectivity index (χ0v) is 18.9. The first kappa shape index (κ1) is 22.5. The van der Waals surface area contributed by atoms with Crippen LogP contribution in [0.4, 0.5) is 21.0 Å². The minimum Gasteiger partial charge on any atom is -0.444 e. The summed E-state index contributed by atoms with van der Waals surface area (Å²) >= 11 is 18.2. The molecule has 2 amide bonds. The molecule has 2 rings (SSSR count). The lowest BCUT2D eigenvalue weighted by Gasteiger charge is -2.10. The molecule has 0 atom stereocenters. The normalized spacial score (nSPS) is 11.3. The number of hydrogen-bond acceptors (Lipinski definition) is 4. The first-order valence-electron chi connectivity index (χ1n) is 7.75. The van der Waals surface area contributed by atoms with Crippen molar-refractivity contribution in [3.05, 3.63) is 67.5 Å². The van der Waals surface area contributed by atoms with Crippen LogP contribution < -0.4 is 10.6 Å². The molecule has 0 unspecified atom stereocenters. The molecule has 0 saturated heterocycles. The summed E-state index contributed by atoms with van der Waals surface area (Å²) in [6.45, 7) is -0.126. The van der Waals surface area contributed by atoms with E-state index in [1.165, 1.54) is 0 Å². The average molecular weight is 553 g/mol. The molecule has 148 valence electrons. The first-order valence-corrected chi connectivity index (χ1v) is 10.1. The van der Waals surface area contributed by atoms with Crippen molar-refractivity contribution in [3.8, 4) is 0 Å². The Morgan fingerprint density at radius 2 is 1.18 bits per heavy atom. The van der Waals surface area contributed by atoms with Crippen molar-refractivity contribution < 1.29 is 19.1 Å². The maximum absolute atomic E-state index is 11.8. The van der Waals surface area contributed by atoms with Gasteiger partial charge in [-0.2, -0.15) is 0 Å². The SMILES string of the molecule is O=C(Nc1cccc(Cl)c1)OC/C(Br)=C(\Br)COC(=O)Nc1cccc(Cl)c1. The monoisotopic (exact) mass is 550 g/mol. The second kappa shape index (κ2) is 11.3. The van der Waals surface area contributed by atoms with E-state index in [1.807, 2.05) is 0 Å². The number of nitrogens with one attached hydrogen (secondary N) is 2. The van der Waals surface area contributed by atoms with Crippen LogP contribution in [0.5, 0.6) is 0 Å². The number of halogens is 4. The molecule has 28 heavy (non-hydrogen) atoms. The van der Waals surface area contributed by atoms with Crippen LogP contribution in [0.25, 0.3) is 0 Å². The number of benzene rings is 2. The standard InChI is InChI=1S/C18H14Br2Cl2N2O4/c19-15(9-27-17(25)23-13-5-1-3-11(21)7-13)16(20)10-28-18(26)24-14-6-2-4-12(22)8-14/h1-8H,9-10H2,(H,23,25)(H,24,26)/b16-15+. The summed E-state index contributed by atoms with van der Waals surface area (Å²) in [5, 5.41) is 6.09. The van der Waals surface area contributed by atoms with Gasteiger partial charge in [0, 0.05) is 30.4 Å². The Bertz CT molecular complexity index is 822. The Morgan fingerprint density at radius 1 is 0.786 bits per heavy atom. The smallest absolute Gasteiger partial charge is 0.411 e. The molecule has 0 saturated carbocycles. The summed E-state index contributed by atoms with van der Waals surface area (Å²) < 4.78 is 11.2. The Kier molecular flexibility index (Phi) is 9.11. The highest BCUT2D eigenvalue weighted by molar-refractivity contribution is 9.14. The fraction of sp³-hybridized carbons (Fsp3) is 0.111. The summed E-state index contributed by atoms with van der Waals surface area (Å²) in [6, 6.07) is 13.3. The minimum absolute atomic E-state index is 0.0632. The van der Waals surface area contributed by atoms with Crippen LogP contribution in [0.15, 0.2) is 57.5 Å². The van der Waals surface area contributed by atoms with Crippen LogP contribution in [-0.2, 0) is 9.47 Å². The molecule has 0 aliphatic carbocycles. The molecule has 0 heterocycles. The lowest BCUT2D eigenvalue weighted by Crippen LogP contribution is -2.16. The Balaban J connectivity index is 1.77.